The molecule has 4 nitrogen and oxygen atoms in total. The van der Waals surface area contributed by atoms with Gasteiger partial charge in [0, 0.05) is 13.1 Å². The van der Waals surface area contributed by atoms with Crippen molar-refractivity contribution in [2.75, 3.05) is 13.1 Å². The van der Waals surface area contributed by atoms with E-state index in [0.29, 0.717) is 19.5 Å². The minimum Gasteiger partial charge on any atom is -0.459 e. The zero-order valence-electron chi connectivity index (χ0n) is 15.2. The summed E-state index contributed by atoms with van der Waals surface area (Å²) in [4.78, 5) is 27.0. The lowest BCUT2D eigenvalue weighted by atomic mass is 9.96. The number of benzene rings is 1. The maximum Gasteiger partial charge on any atom is 0.319 e. The molecule has 0 saturated carbocycles. The zero-order chi connectivity index (χ0) is 17.6. The van der Waals surface area contributed by atoms with E-state index >= 15 is 0 Å². The van der Waals surface area contributed by atoms with Crippen LogP contribution >= 0.6 is 0 Å². The fourth-order valence-corrected chi connectivity index (χ4v) is 2.36. The molecule has 1 amide bonds. The van der Waals surface area contributed by atoms with Crippen LogP contribution in [0, 0.1) is 12.8 Å². The van der Waals surface area contributed by atoms with E-state index in [9.17, 15) is 9.59 Å². The van der Waals surface area contributed by atoms with Crippen molar-refractivity contribution in [3.05, 3.63) is 35.4 Å². The smallest absolute Gasteiger partial charge is 0.319 e. The third-order valence-electron chi connectivity index (χ3n) is 3.62. The van der Waals surface area contributed by atoms with E-state index in [1.165, 1.54) is 0 Å². The highest BCUT2D eigenvalue weighted by atomic mass is 16.6. The van der Waals surface area contributed by atoms with E-state index in [1.807, 2.05) is 65.8 Å². The van der Waals surface area contributed by atoms with E-state index in [2.05, 4.69) is 0 Å². The summed E-state index contributed by atoms with van der Waals surface area (Å²) in [5.74, 6) is -1.41. The molecule has 0 radical (unpaired) electrons. The van der Waals surface area contributed by atoms with Gasteiger partial charge in [0.05, 0.1) is 0 Å². The number of amides is 1. The highest BCUT2D eigenvalue weighted by Gasteiger charge is 2.33. The third kappa shape index (κ3) is 6.05. The first-order valence-corrected chi connectivity index (χ1v) is 8.25. The van der Waals surface area contributed by atoms with Crippen molar-refractivity contribution >= 4 is 11.9 Å². The summed E-state index contributed by atoms with van der Waals surface area (Å²) in [5, 5.41) is 0. The van der Waals surface area contributed by atoms with Gasteiger partial charge in [-0.3, -0.25) is 9.59 Å². The predicted molar refractivity (Wildman–Crippen MR) is 92.1 cm³/mol. The average Bonchev–Trinajstić information content (AvgIpc) is 2.45. The topological polar surface area (TPSA) is 46.6 Å². The van der Waals surface area contributed by atoms with E-state index in [0.717, 1.165) is 11.1 Å². The average molecular weight is 319 g/mol. The van der Waals surface area contributed by atoms with Crippen LogP contribution in [0.3, 0.4) is 0 Å². The molecule has 1 rings (SSSR count). The molecule has 0 aromatic heterocycles. The summed E-state index contributed by atoms with van der Waals surface area (Å²) < 4.78 is 5.47. The van der Waals surface area contributed by atoms with Crippen LogP contribution in [-0.4, -0.2) is 35.5 Å². The number of aryl methyl sites for hydroxylation is 1. The number of carbonyl (C=O) groups excluding carboxylic acids is 2. The number of nitrogens with zero attached hydrogens (tertiary/aromatic N) is 1. The van der Waals surface area contributed by atoms with E-state index in [1.54, 1.807) is 4.90 Å². The number of hydrogen-bond donors (Lipinski definition) is 0. The lowest BCUT2D eigenvalue weighted by Crippen LogP contribution is -2.42. The highest BCUT2D eigenvalue weighted by molar-refractivity contribution is 5.98. The largest absolute Gasteiger partial charge is 0.459 e. The Morgan fingerprint density at radius 1 is 1.09 bits per heavy atom. The lowest BCUT2D eigenvalue weighted by molar-refractivity contribution is -0.164. The molecule has 1 aromatic carbocycles. The normalized spacial score (nSPS) is 12.6. The monoisotopic (exact) mass is 319 g/mol. The Kier molecular flexibility index (Phi) is 6.79. The molecule has 0 aliphatic heterocycles. The molecule has 1 aromatic rings. The van der Waals surface area contributed by atoms with Gasteiger partial charge in [0.15, 0.2) is 0 Å². The molecule has 0 saturated heterocycles. The standard InChI is InChI=1S/C19H29NO3/c1-7-20(8-2)17(21)16(18(22)23-19(4,5)6)13-15-11-9-14(3)10-12-15/h9-12,16H,7-8,13H2,1-6H3. The van der Waals surface area contributed by atoms with Crippen molar-refractivity contribution in [1.82, 2.24) is 4.90 Å². The van der Waals surface area contributed by atoms with Gasteiger partial charge in [-0.05, 0) is 53.5 Å². The first-order chi connectivity index (χ1) is 10.7. The van der Waals surface area contributed by atoms with Gasteiger partial charge in [-0.2, -0.15) is 0 Å². The first kappa shape index (κ1) is 19.2. The van der Waals surface area contributed by atoms with E-state index < -0.39 is 17.5 Å². The predicted octanol–water partition coefficient (Wildman–Crippen LogP) is 3.36. The Bertz CT molecular complexity index is 525. The van der Waals surface area contributed by atoms with Crippen LogP contribution in [-0.2, 0) is 20.7 Å². The molecule has 23 heavy (non-hydrogen) atoms. The van der Waals surface area contributed by atoms with Crippen LogP contribution in [0.15, 0.2) is 24.3 Å². The first-order valence-electron chi connectivity index (χ1n) is 8.25. The molecule has 1 atom stereocenters. The Morgan fingerprint density at radius 2 is 1.61 bits per heavy atom. The van der Waals surface area contributed by atoms with Crippen LogP contribution in [0.4, 0.5) is 0 Å². The SMILES string of the molecule is CCN(CC)C(=O)C(Cc1ccc(C)cc1)C(=O)OC(C)(C)C. The number of esters is 1. The molecule has 0 fully saturated rings. The molecule has 0 spiro atoms. The van der Waals surface area contributed by atoms with E-state index in [4.69, 9.17) is 4.74 Å². The molecule has 128 valence electrons. The van der Waals surface area contributed by atoms with Crippen LogP contribution in [0.1, 0.15) is 45.7 Å². The van der Waals surface area contributed by atoms with Crippen molar-refractivity contribution in [1.29, 1.82) is 0 Å². The molecular formula is C19H29NO3. The molecular weight excluding hydrogens is 290 g/mol. The highest BCUT2D eigenvalue weighted by Crippen LogP contribution is 2.18. The molecule has 1 unspecified atom stereocenters. The second kappa shape index (κ2) is 8.14. The second-order valence-electron chi connectivity index (χ2n) is 6.79. The maximum absolute atomic E-state index is 12.7. The molecule has 0 heterocycles. The summed E-state index contributed by atoms with van der Waals surface area (Å²) in [6.45, 7) is 12.5. The van der Waals surface area contributed by atoms with Gasteiger partial charge in [-0.25, -0.2) is 0 Å². The van der Waals surface area contributed by atoms with Gasteiger partial charge in [0.25, 0.3) is 0 Å². The summed E-state index contributed by atoms with van der Waals surface area (Å²) in [7, 11) is 0. The third-order valence-corrected chi connectivity index (χ3v) is 3.62. The zero-order valence-corrected chi connectivity index (χ0v) is 15.2. The van der Waals surface area contributed by atoms with Gasteiger partial charge in [-0.1, -0.05) is 29.8 Å². The number of carbonyl (C=O) groups is 2. The van der Waals surface area contributed by atoms with Crippen LogP contribution in [0.5, 0.6) is 0 Å². The maximum atomic E-state index is 12.7. The quantitative estimate of drug-likeness (QED) is 0.596. The fraction of sp³-hybridized carbons (Fsp3) is 0.579. The van der Waals surface area contributed by atoms with Gasteiger partial charge in [0.1, 0.15) is 11.5 Å². The van der Waals surface area contributed by atoms with Crippen molar-refractivity contribution in [3.8, 4) is 0 Å². The number of hydrogen-bond acceptors (Lipinski definition) is 3. The van der Waals surface area contributed by atoms with Crippen LogP contribution in [0.25, 0.3) is 0 Å². The van der Waals surface area contributed by atoms with Crippen molar-refractivity contribution in [2.45, 2.75) is 53.6 Å². The summed E-state index contributed by atoms with van der Waals surface area (Å²) >= 11 is 0. The Morgan fingerprint density at radius 3 is 2.04 bits per heavy atom. The Labute approximate surface area is 139 Å². The minimum atomic E-state index is -0.795. The van der Waals surface area contributed by atoms with Gasteiger partial charge in [-0.15, -0.1) is 0 Å². The molecule has 0 aliphatic carbocycles. The van der Waals surface area contributed by atoms with Crippen molar-refractivity contribution in [2.24, 2.45) is 5.92 Å². The Balaban J connectivity index is 3.02. The van der Waals surface area contributed by atoms with Gasteiger partial charge in [0.2, 0.25) is 5.91 Å². The molecule has 0 aliphatic rings. The van der Waals surface area contributed by atoms with E-state index in [-0.39, 0.29) is 5.91 Å². The van der Waals surface area contributed by atoms with Gasteiger partial charge >= 0.3 is 5.97 Å². The molecule has 0 N–H and O–H groups in total. The summed E-state index contributed by atoms with van der Waals surface area (Å²) in [6, 6.07) is 7.90. The lowest BCUT2D eigenvalue weighted by Gasteiger charge is -2.27. The molecule has 0 bridgehead atoms. The van der Waals surface area contributed by atoms with Crippen LogP contribution < -0.4 is 0 Å². The number of ether oxygens (including phenoxy) is 1. The fourth-order valence-electron chi connectivity index (χ4n) is 2.36. The Hall–Kier alpha value is -1.84. The van der Waals surface area contributed by atoms with Gasteiger partial charge < -0.3 is 9.64 Å². The van der Waals surface area contributed by atoms with Crippen molar-refractivity contribution < 1.29 is 14.3 Å². The summed E-state index contributed by atoms with van der Waals surface area (Å²) in [5.41, 5.74) is 1.51. The summed E-state index contributed by atoms with van der Waals surface area (Å²) in [6.07, 6.45) is 0.366. The number of rotatable bonds is 6. The minimum absolute atomic E-state index is 0.162. The van der Waals surface area contributed by atoms with Crippen molar-refractivity contribution in [3.63, 3.8) is 0 Å². The molecule has 4 heteroatoms. The second-order valence-corrected chi connectivity index (χ2v) is 6.79. The van der Waals surface area contributed by atoms with Crippen LogP contribution in [0.2, 0.25) is 0 Å².